The molecule has 3 amide bonds. The van der Waals surface area contributed by atoms with E-state index in [2.05, 4.69) is 10.6 Å². The van der Waals surface area contributed by atoms with E-state index in [-0.39, 0.29) is 23.8 Å². The molecule has 192 valence electrons. The number of hydrogen-bond donors (Lipinski definition) is 2. The molecule has 2 atom stereocenters. The number of carbonyl (C=O) groups is 3. The largest absolute Gasteiger partial charge is 0.444 e. The van der Waals surface area contributed by atoms with Crippen LogP contribution < -0.4 is 10.6 Å². The van der Waals surface area contributed by atoms with E-state index in [4.69, 9.17) is 4.74 Å². The summed E-state index contributed by atoms with van der Waals surface area (Å²) in [6.07, 6.45) is 0.949. The maximum Gasteiger partial charge on any atom is 0.408 e. The summed E-state index contributed by atoms with van der Waals surface area (Å²) in [4.78, 5) is 41.6. The molecule has 2 unspecified atom stereocenters. The summed E-state index contributed by atoms with van der Waals surface area (Å²) in [5, 5.41) is 5.74. The molecule has 1 aromatic carbocycles. The molecule has 1 aromatic rings. The van der Waals surface area contributed by atoms with Gasteiger partial charge in [-0.1, -0.05) is 56.5 Å². The summed E-state index contributed by atoms with van der Waals surface area (Å²) in [6.45, 7) is 19.3. The summed E-state index contributed by atoms with van der Waals surface area (Å²) in [6, 6.07) is 4.24. The van der Waals surface area contributed by atoms with Crippen molar-refractivity contribution in [3.8, 4) is 0 Å². The van der Waals surface area contributed by atoms with Gasteiger partial charge in [-0.3, -0.25) is 9.59 Å². The molecule has 0 radical (unpaired) electrons. The normalized spacial score (nSPS) is 13.4. The van der Waals surface area contributed by atoms with E-state index < -0.39 is 23.8 Å². The number of benzene rings is 1. The van der Waals surface area contributed by atoms with Crippen molar-refractivity contribution in [3.05, 3.63) is 34.9 Å². The van der Waals surface area contributed by atoms with Crippen molar-refractivity contribution in [1.82, 2.24) is 15.5 Å². The fourth-order valence-electron chi connectivity index (χ4n) is 3.83. The van der Waals surface area contributed by atoms with E-state index in [1.807, 2.05) is 66.7 Å². The number of amides is 3. The highest BCUT2D eigenvalue weighted by Crippen LogP contribution is 2.26. The number of alkyl carbamates (subject to hydrolysis) is 1. The number of nitrogens with one attached hydrogen (secondary N) is 2. The summed E-state index contributed by atoms with van der Waals surface area (Å²) in [5.74, 6) is -0.723. The van der Waals surface area contributed by atoms with Crippen LogP contribution in [-0.2, 0) is 14.3 Å². The first-order valence-corrected chi connectivity index (χ1v) is 12.3. The Morgan fingerprint density at radius 2 is 1.53 bits per heavy atom. The smallest absolute Gasteiger partial charge is 0.408 e. The van der Waals surface area contributed by atoms with Crippen LogP contribution in [0.1, 0.15) is 91.0 Å². The number of unbranched alkanes of at least 4 members (excludes halogenated alkanes) is 1. The van der Waals surface area contributed by atoms with Gasteiger partial charge in [-0.2, -0.15) is 0 Å². The van der Waals surface area contributed by atoms with Gasteiger partial charge >= 0.3 is 6.09 Å². The molecule has 0 aliphatic rings. The van der Waals surface area contributed by atoms with Gasteiger partial charge in [0.05, 0.1) is 0 Å². The highest BCUT2D eigenvalue weighted by atomic mass is 16.6. The highest BCUT2D eigenvalue weighted by molar-refractivity contribution is 5.92. The number of nitrogens with zero attached hydrogens (tertiary/aromatic N) is 1. The molecular weight excluding hydrogens is 430 g/mol. The van der Waals surface area contributed by atoms with Gasteiger partial charge in [0.1, 0.15) is 17.7 Å². The average molecular weight is 476 g/mol. The molecule has 2 N–H and O–H groups in total. The average Bonchev–Trinajstić information content (AvgIpc) is 2.65. The number of aryl methyl sites for hydroxylation is 2. The van der Waals surface area contributed by atoms with Gasteiger partial charge in [-0.25, -0.2) is 4.79 Å². The van der Waals surface area contributed by atoms with E-state index in [0.29, 0.717) is 6.54 Å². The first-order valence-electron chi connectivity index (χ1n) is 12.3. The molecule has 0 fully saturated rings. The maximum atomic E-state index is 13.9. The minimum absolute atomic E-state index is 0.0789. The molecule has 0 aromatic heterocycles. The summed E-state index contributed by atoms with van der Waals surface area (Å²) < 4.78 is 5.41. The van der Waals surface area contributed by atoms with Gasteiger partial charge in [-0.15, -0.1) is 0 Å². The lowest BCUT2D eigenvalue weighted by Crippen LogP contribution is -2.55. The van der Waals surface area contributed by atoms with Gasteiger partial charge in [-0.05, 0) is 66.4 Å². The molecule has 7 heteroatoms. The Labute approximate surface area is 206 Å². The van der Waals surface area contributed by atoms with Crippen LogP contribution >= 0.6 is 0 Å². The van der Waals surface area contributed by atoms with Crippen molar-refractivity contribution < 1.29 is 19.1 Å². The molecule has 0 heterocycles. The third-order valence-corrected chi connectivity index (χ3v) is 5.19. The van der Waals surface area contributed by atoms with Crippen molar-refractivity contribution in [2.75, 3.05) is 6.54 Å². The summed E-state index contributed by atoms with van der Waals surface area (Å²) in [7, 11) is 0. The molecule has 0 aliphatic heterocycles. The Morgan fingerprint density at radius 1 is 0.971 bits per heavy atom. The molecule has 0 aliphatic carbocycles. The van der Waals surface area contributed by atoms with Crippen molar-refractivity contribution in [3.63, 3.8) is 0 Å². The minimum Gasteiger partial charge on any atom is -0.444 e. The standard InChI is InChI=1S/C27H45N3O4/c1-11-12-13-30(25(32)22(17(2)3)29-26(33)34-27(8,9)10)23(24(31)28-18(4)5)21-15-19(6)14-20(7)16-21/h14-18,22-23H,11-13H2,1-10H3,(H,28,31)(H,29,33). The van der Waals surface area contributed by atoms with Crippen LogP contribution in [0.2, 0.25) is 0 Å². The molecule has 0 spiro atoms. The molecule has 0 bridgehead atoms. The summed E-state index contributed by atoms with van der Waals surface area (Å²) in [5.41, 5.74) is 2.12. The molecule has 34 heavy (non-hydrogen) atoms. The van der Waals surface area contributed by atoms with Crippen molar-refractivity contribution >= 4 is 17.9 Å². The topological polar surface area (TPSA) is 87.7 Å². The summed E-state index contributed by atoms with van der Waals surface area (Å²) >= 11 is 0. The number of ether oxygens (including phenoxy) is 1. The Hall–Kier alpha value is -2.57. The molecule has 7 nitrogen and oxygen atoms in total. The Morgan fingerprint density at radius 3 is 1.97 bits per heavy atom. The number of carbonyl (C=O) groups excluding carboxylic acids is 3. The van der Waals surface area contributed by atoms with Gasteiger partial charge < -0.3 is 20.3 Å². The molecule has 0 saturated heterocycles. The van der Waals surface area contributed by atoms with Crippen LogP contribution in [0.15, 0.2) is 18.2 Å². The lowest BCUT2D eigenvalue weighted by atomic mass is 9.96. The van der Waals surface area contributed by atoms with Crippen LogP contribution in [0.5, 0.6) is 0 Å². The van der Waals surface area contributed by atoms with E-state index in [1.165, 1.54) is 0 Å². The second-order valence-electron chi connectivity index (χ2n) is 10.7. The van der Waals surface area contributed by atoms with Gasteiger partial charge in [0.2, 0.25) is 11.8 Å². The second kappa shape index (κ2) is 12.8. The van der Waals surface area contributed by atoms with Gasteiger partial charge in [0.15, 0.2) is 0 Å². The SMILES string of the molecule is CCCCN(C(=O)C(NC(=O)OC(C)(C)C)C(C)C)C(C(=O)NC(C)C)c1cc(C)cc(C)c1. The van der Waals surface area contributed by atoms with Crippen LogP contribution in [-0.4, -0.2) is 47.0 Å². The lowest BCUT2D eigenvalue weighted by molar-refractivity contribution is -0.143. The van der Waals surface area contributed by atoms with Crippen LogP contribution in [0, 0.1) is 19.8 Å². The molecular formula is C27H45N3O4. The zero-order chi connectivity index (χ0) is 26.2. The third kappa shape index (κ3) is 9.35. The first-order chi connectivity index (χ1) is 15.7. The van der Waals surface area contributed by atoms with E-state index in [1.54, 1.807) is 25.7 Å². The fourth-order valence-corrected chi connectivity index (χ4v) is 3.83. The predicted octanol–water partition coefficient (Wildman–Crippen LogP) is 5.05. The Balaban J connectivity index is 3.50. The zero-order valence-electron chi connectivity index (χ0n) is 22.7. The fraction of sp³-hybridized carbons (Fsp3) is 0.667. The van der Waals surface area contributed by atoms with Crippen LogP contribution in [0.4, 0.5) is 4.79 Å². The van der Waals surface area contributed by atoms with E-state index >= 15 is 0 Å². The third-order valence-electron chi connectivity index (χ3n) is 5.19. The van der Waals surface area contributed by atoms with Crippen LogP contribution in [0.25, 0.3) is 0 Å². The Bertz CT molecular complexity index is 823. The van der Waals surface area contributed by atoms with Crippen molar-refractivity contribution in [1.29, 1.82) is 0 Å². The minimum atomic E-state index is -0.827. The maximum absolute atomic E-state index is 13.9. The van der Waals surface area contributed by atoms with E-state index in [9.17, 15) is 14.4 Å². The lowest BCUT2D eigenvalue weighted by Gasteiger charge is -2.36. The van der Waals surface area contributed by atoms with Crippen molar-refractivity contribution in [2.24, 2.45) is 5.92 Å². The quantitative estimate of drug-likeness (QED) is 0.496. The van der Waals surface area contributed by atoms with Crippen molar-refractivity contribution in [2.45, 2.75) is 106 Å². The monoisotopic (exact) mass is 475 g/mol. The molecule has 0 saturated carbocycles. The molecule has 1 rings (SSSR count). The zero-order valence-corrected chi connectivity index (χ0v) is 22.7. The van der Waals surface area contributed by atoms with Crippen LogP contribution in [0.3, 0.4) is 0 Å². The Kier molecular flexibility index (Phi) is 11.1. The van der Waals surface area contributed by atoms with Gasteiger partial charge in [0.25, 0.3) is 0 Å². The highest BCUT2D eigenvalue weighted by Gasteiger charge is 2.37. The van der Waals surface area contributed by atoms with Gasteiger partial charge in [0, 0.05) is 12.6 Å². The number of hydrogen-bond acceptors (Lipinski definition) is 4. The second-order valence-corrected chi connectivity index (χ2v) is 10.7. The van der Waals surface area contributed by atoms with E-state index in [0.717, 1.165) is 29.5 Å². The number of rotatable bonds is 10. The first kappa shape index (κ1) is 29.5. The predicted molar refractivity (Wildman–Crippen MR) is 137 cm³/mol.